The fourth-order valence-electron chi connectivity index (χ4n) is 3.88. The topological polar surface area (TPSA) is 49.9 Å². The fraction of sp³-hybridized carbons (Fsp3) is 0.381. The summed E-state index contributed by atoms with van der Waals surface area (Å²) < 4.78 is 5.32. The summed E-state index contributed by atoms with van der Waals surface area (Å²) in [6.45, 7) is 2.25. The highest BCUT2D eigenvalue weighted by Gasteiger charge is 2.22. The largest absolute Gasteiger partial charge is 0.497 e. The number of hydrogen-bond acceptors (Lipinski definition) is 3. The lowest BCUT2D eigenvalue weighted by molar-refractivity contribution is 0.391. The highest BCUT2D eigenvalue weighted by Crippen LogP contribution is 2.27. The first-order chi connectivity index (χ1) is 12.3. The highest BCUT2D eigenvalue weighted by molar-refractivity contribution is 5.84. The first kappa shape index (κ1) is 16.2. The van der Waals surface area contributed by atoms with Crippen LogP contribution in [0.25, 0.3) is 10.8 Å². The van der Waals surface area contributed by atoms with Crippen molar-refractivity contribution < 1.29 is 4.74 Å². The zero-order valence-electron chi connectivity index (χ0n) is 14.9. The number of benzene rings is 2. The Kier molecular flexibility index (Phi) is 4.45. The molecule has 1 aliphatic rings. The summed E-state index contributed by atoms with van der Waals surface area (Å²) in [5.41, 5.74) is 4.04. The Balaban J connectivity index is 1.53. The van der Waals surface area contributed by atoms with Crippen molar-refractivity contribution in [2.24, 2.45) is 0 Å². The van der Waals surface area contributed by atoms with Crippen LogP contribution in [0.3, 0.4) is 0 Å². The van der Waals surface area contributed by atoms with Crippen molar-refractivity contribution in [1.82, 2.24) is 15.5 Å². The van der Waals surface area contributed by atoms with Gasteiger partial charge in [0.05, 0.1) is 13.3 Å². The predicted molar refractivity (Wildman–Crippen MR) is 101 cm³/mol. The monoisotopic (exact) mass is 335 g/mol. The van der Waals surface area contributed by atoms with E-state index in [2.05, 4.69) is 52.8 Å². The van der Waals surface area contributed by atoms with Gasteiger partial charge in [-0.25, -0.2) is 0 Å². The zero-order chi connectivity index (χ0) is 17.2. The molecular formula is C21H25N3O. The first-order valence-corrected chi connectivity index (χ1v) is 9.11. The van der Waals surface area contributed by atoms with E-state index in [1.54, 1.807) is 7.11 Å². The van der Waals surface area contributed by atoms with E-state index in [1.807, 2.05) is 12.3 Å². The molecular weight excluding hydrogens is 310 g/mol. The molecule has 0 saturated heterocycles. The van der Waals surface area contributed by atoms with Gasteiger partial charge in [0, 0.05) is 17.8 Å². The minimum absolute atomic E-state index is 0.380. The van der Waals surface area contributed by atoms with Crippen LogP contribution in [0, 0.1) is 0 Å². The van der Waals surface area contributed by atoms with Crippen molar-refractivity contribution in [1.29, 1.82) is 0 Å². The molecule has 0 amide bonds. The number of nitrogens with zero attached hydrogens (tertiary/aromatic N) is 1. The van der Waals surface area contributed by atoms with Crippen molar-refractivity contribution in [3.05, 3.63) is 59.4 Å². The smallest absolute Gasteiger partial charge is 0.119 e. The molecule has 1 heterocycles. The van der Waals surface area contributed by atoms with Crippen LogP contribution >= 0.6 is 0 Å². The van der Waals surface area contributed by atoms with Gasteiger partial charge in [-0.2, -0.15) is 5.10 Å². The molecule has 0 radical (unpaired) electrons. The molecule has 0 spiro atoms. The normalized spacial score (nSPS) is 18.1. The molecule has 2 N–H and O–H groups in total. The third kappa shape index (κ3) is 3.27. The molecule has 0 bridgehead atoms. The molecule has 1 aromatic heterocycles. The van der Waals surface area contributed by atoms with Gasteiger partial charge in [0.2, 0.25) is 0 Å². The van der Waals surface area contributed by atoms with Gasteiger partial charge in [-0.15, -0.1) is 0 Å². The molecule has 0 fully saturated rings. The summed E-state index contributed by atoms with van der Waals surface area (Å²) in [6.07, 6.45) is 6.37. The predicted octanol–water partition coefficient (Wildman–Crippen LogP) is 4.17. The lowest BCUT2D eigenvalue weighted by atomic mass is 9.91. The maximum absolute atomic E-state index is 5.32. The van der Waals surface area contributed by atoms with Crippen LogP contribution in [0.1, 0.15) is 42.6 Å². The number of nitrogens with one attached hydrogen (secondary N) is 2. The van der Waals surface area contributed by atoms with E-state index < -0.39 is 0 Å². The minimum atomic E-state index is 0.380. The maximum Gasteiger partial charge on any atom is 0.119 e. The Bertz CT molecular complexity index is 870. The molecule has 130 valence electrons. The molecule has 0 saturated carbocycles. The van der Waals surface area contributed by atoms with Crippen molar-refractivity contribution in [2.75, 3.05) is 7.11 Å². The van der Waals surface area contributed by atoms with E-state index in [-0.39, 0.29) is 0 Å². The van der Waals surface area contributed by atoms with Crippen molar-refractivity contribution >= 4 is 10.8 Å². The number of rotatable bonds is 5. The summed E-state index contributed by atoms with van der Waals surface area (Å²) in [6, 6.07) is 13.9. The van der Waals surface area contributed by atoms with Gasteiger partial charge in [-0.1, -0.05) is 25.1 Å². The van der Waals surface area contributed by atoms with Crippen LogP contribution in [-0.4, -0.2) is 23.3 Å². The average Bonchev–Trinajstić information content (AvgIpc) is 3.13. The highest BCUT2D eigenvalue weighted by atomic mass is 16.5. The molecule has 2 atom stereocenters. The lowest BCUT2D eigenvalue weighted by Gasteiger charge is -2.28. The van der Waals surface area contributed by atoms with Gasteiger partial charge < -0.3 is 10.1 Å². The number of aryl methyl sites for hydroxylation is 1. The van der Waals surface area contributed by atoms with E-state index in [1.165, 1.54) is 27.6 Å². The molecule has 25 heavy (non-hydrogen) atoms. The molecule has 1 aliphatic carbocycles. The third-order valence-electron chi connectivity index (χ3n) is 5.34. The van der Waals surface area contributed by atoms with E-state index in [0.717, 1.165) is 31.4 Å². The van der Waals surface area contributed by atoms with Crippen molar-refractivity contribution in [3.8, 4) is 5.75 Å². The third-order valence-corrected chi connectivity index (χ3v) is 5.34. The van der Waals surface area contributed by atoms with Crippen molar-refractivity contribution in [3.63, 3.8) is 0 Å². The summed E-state index contributed by atoms with van der Waals surface area (Å²) >= 11 is 0. The fourth-order valence-corrected chi connectivity index (χ4v) is 3.88. The van der Waals surface area contributed by atoms with Crippen LogP contribution < -0.4 is 10.1 Å². The molecule has 3 aromatic rings. The Morgan fingerprint density at radius 3 is 2.92 bits per heavy atom. The number of ether oxygens (including phenoxy) is 1. The van der Waals surface area contributed by atoms with Crippen LogP contribution in [-0.2, 0) is 12.8 Å². The second kappa shape index (κ2) is 6.89. The quantitative estimate of drug-likeness (QED) is 0.736. The Hall–Kier alpha value is -2.33. The average molecular weight is 335 g/mol. The van der Waals surface area contributed by atoms with Crippen LogP contribution in [0.4, 0.5) is 0 Å². The van der Waals surface area contributed by atoms with E-state index in [9.17, 15) is 0 Å². The number of methoxy groups -OCH3 is 1. The van der Waals surface area contributed by atoms with E-state index in [0.29, 0.717) is 12.1 Å². The van der Waals surface area contributed by atoms with Crippen LogP contribution in [0.5, 0.6) is 5.75 Å². The second-order valence-corrected chi connectivity index (χ2v) is 6.91. The SMILES string of the molecule is CCC(NC1CCc2[nH]ncc2C1)c1ccc2cc(OC)ccc2c1. The number of H-pyrrole nitrogens is 1. The molecule has 0 aliphatic heterocycles. The second-order valence-electron chi connectivity index (χ2n) is 6.91. The number of hydrogen-bond donors (Lipinski definition) is 2. The first-order valence-electron chi connectivity index (χ1n) is 9.11. The van der Waals surface area contributed by atoms with Gasteiger partial charge in [-0.3, -0.25) is 5.10 Å². The van der Waals surface area contributed by atoms with E-state index in [4.69, 9.17) is 4.74 Å². The molecule has 4 heteroatoms. The van der Waals surface area contributed by atoms with Crippen LogP contribution in [0.15, 0.2) is 42.6 Å². The Morgan fingerprint density at radius 2 is 2.08 bits per heavy atom. The van der Waals surface area contributed by atoms with Crippen molar-refractivity contribution in [2.45, 2.75) is 44.7 Å². The zero-order valence-corrected chi connectivity index (χ0v) is 14.9. The van der Waals surface area contributed by atoms with Gasteiger partial charge in [0.1, 0.15) is 5.75 Å². The van der Waals surface area contributed by atoms with Gasteiger partial charge in [-0.05, 0) is 65.8 Å². The maximum atomic E-state index is 5.32. The van der Waals surface area contributed by atoms with Gasteiger partial charge in [0.25, 0.3) is 0 Å². The molecule has 4 rings (SSSR count). The van der Waals surface area contributed by atoms with Gasteiger partial charge >= 0.3 is 0 Å². The Morgan fingerprint density at radius 1 is 1.24 bits per heavy atom. The summed E-state index contributed by atoms with van der Waals surface area (Å²) in [5, 5.41) is 13.7. The summed E-state index contributed by atoms with van der Waals surface area (Å²) in [4.78, 5) is 0. The van der Waals surface area contributed by atoms with E-state index >= 15 is 0 Å². The number of aromatic nitrogens is 2. The van der Waals surface area contributed by atoms with Crippen LogP contribution in [0.2, 0.25) is 0 Å². The summed E-state index contributed by atoms with van der Waals surface area (Å²) in [5.74, 6) is 0.906. The minimum Gasteiger partial charge on any atom is -0.497 e. The number of aromatic amines is 1. The lowest BCUT2D eigenvalue weighted by Crippen LogP contribution is -2.37. The standard InChI is InChI=1S/C21H25N3O/c1-3-20(23-18-7-9-21-17(11-18)13-22-24-21)16-5-4-15-12-19(25-2)8-6-14(15)10-16/h4-6,8,10,12-13,18,20,23H,3,7,9,11H2,1-2H3,(H,22,24). The van der Waals surface area contributed by atoms with Gasteiger partial charge in [0.15, 0.2) is 0 Å². The summed E-state index contributed by atoms with van der Waals surface area (Å²) in [7, 11) is 1.71. The molecule has 4 nitrogen and oxygen atoms in total. The molecule has 2 aromatic carbocycles. The molecule has 2 unspecified atom stereocenters. The Labute approximate surface area is 148 Å². The number of fused-ring (bicyclic) bond motifs is 2.